The Morgan fingerprint density at radius 1 is 1.24 bits per heavy atom. The van der Waals surface area contributed by atoms with Crippen LogP contribution >= 0.6 is 0 Å². The molecule has 0 saturated heterocycles. The fourth-order valence-electron chi connectivity index (χ4n) is 3.86. The zero-order valence-electron chi connectivity index (χ0n) is 13.5. The largest absolute Gasteiger partial charge is 0.396 e. The smallest absolute Gasteiger partial charge is 0.0897 e. The minimum Gasteiger partial charge on any atom is -0.396 e. The molecule has 2 aliphatic rings. The first-order valence-electron chi connectivity index (χ1n) is 8.75. The number of rotatable bonds is 8. The van der Waals surface area contributed by atoms with Gasteiger partial charge < -0.3 is 20.3 Å². The predicted molar refractivity (Wildman–Crippen MR) is 84.2 cm³/mol. The molecule has 4 heteroatoms. The first-order valence-corrected chi connectivity index (χ1v) is 8.75. The van der Waals surface area contributed by atoms with Crippen molar-refractivity contribution in [2.75, 3.05) is 26.3 Å². The van der Waals surface area contributed by atoms with Crippen molar-refractivity contribution < 1.29 is 14.9 Å². The molecular weight excluding hydrogens is 266 g/mol. The molecule has 2 rings (SSSR count). The summed E-state index contributed by atoms with van der Waals surface area (Å²) in [7, 11) is 0. The molecule has 0 aromatic carbocycles. The molecule has 0 bridgehead atoms. The van der Waals surface area contributed by atoms with Crippen molar-refractivity contribution in [3.63, 3.8) is 0 Å². The van der Waals surface area contributed by atoms with Crippen molar-refractivity contribution in [2.24, 2.45) is 11.3 Å². The van der Waals surface area contributed by atoms with Gasteiger partial charge >= 0.3 is 0 Å². The van der Waals surface area contributed by atoms with Gasteiger partial charge in [-0.25, -0.2) is 0 Å². The van der Waals surface area contributed by atoms with Crippen molar-refractivity contribution in [1.82, 2.24) is 5.32 Å². The lowest BCUT2D eigenvalue weighted by Crippen LogP contribution is -2.40. The van der Waals surface area contributed by atoms with Crippen molar-refractivity contribution in [3.8, 4) is 0 Å². The molecule has 124 valence electrons. The van der Waals surface area contributed by atoms with Crippen LogP contribution in [0, 0.1) is 11.3 Å². The third kappa shape index (κ3) is 5.51. The highest BCUT2D eigenvalue weighted by molar-refractivity contribution is 4.86. The second-order valence-electron chi connectivity index (χ2n) is 7.38. The maximum absolute atomic E-state index is 10.0. The summed E-state index contributed by atoms with van der Waals surface area (Å²) in [4.78, 5) is 0. The van der Waals surface area contributed by atoms with E-state index in [1.807, 2.05) is 0 Å². The van der Waals surface area contributed by atoms with E-state index >= 15 is 0 Å². The van der Waals surface area contributed by atoms with Crippen LogP contribution < -0.4 is 5.32 Å². The van der Waals surface area contributed by atoms with E-state index in [0.717, 1.165) is 38.1 Å². The first-order chi connectivity index (χ1) is 10.1. The summed E-state index contributed by atoms with van der Waals surface area (Å²) in [5.74, 6) is 0.755. The van der Waals surface area contributed by atoms with Crippen LogP contribution in [0.3, 0.4) is 0 Å². The van der Waals surface area contributed by atoms with Gasteiger partial charge in [0.25, 0.3) is 0 Å². The summed E-state index contributed by atoms with van der Waals surface area (Å²) >= 11 is 0. The SMILES string of the molecule is CC1CCCC(OCC(O)CNCC2(CO)CCCC2)C1. The molecular formula is C17H33NO3. The number of aliphatic hydroxyl groups excluding tert-OH is 2. The maximum atomic E-state index is 10.0. The minimum absolute atomic E-state index is 0.0549. The van der Waals surface area contributed by atoms with Crippen molar-refractivity contribution in [2.45, 2.75) is 70.5 Å². The highest BCUT2D eigenvalue weighted by Crippen LogP contribution is 2.36. The molecule has 21 heavy (non-hydrogen) atoms. The van der Waals surface area contributed by atoms with Crippen LogP contribution in [0.2, 0.25) is 0 Å². The molecule has 3 unspecified atom stereocenters. The van der Waals surface area contributed by atoms with E-state index in [-0.39, 0.29) is 12.0 Å². The van der Waals surface area contributed by atoms with E-state index < -0.39 is 6.10 Å². The van der Waals surface area contributed by atoms with E-state index in [2.05, 4.69) is 12.2 Å². The van der Waals surface area contributed by atoms with E-state index in [0.29, 0.717) is 19.3 Å². The number of ether oxygens (including phenoxy) is 1. The predicted octanol–water partition coefficient (Wildman–Crippen LogP) is 2.08. The summed E-state index contributed by atoms with van der Waals surface area (Å²) in [6.45, 7) is 4.33. The average molecular weight is 299 g/mol. The molecule has 0 aromatic heterocycles. The maximum Gasteiger partial charge on any atom is 0.0897 e. The van der Waals surface area contributed by atoms with Gasteiger partial charge in [-0.1, -0.05) is 32.6 Å². The number of hydrogen-bond acceptors (Lipinski definition) is 4. The number of hydrogen-bond donors (Lipinski definition) is 3. The number of aliphatic hydroxyl groups is 2. The fraction of sp³-hybridized carbons (Fsp3) is 1.00. The van der Waals surface area contributed by atoms with Gasteiger partial charge in [0.2, 0.25) is 0 Å². The molecule has 2 aliphatic carbocycles. The Hall–Kier alpha value is -0.160. The van der Waals surface area contributed by atoms with Gasteiger partial charge in [-0.05, 0) is 31.6 Å². The second-order valence-corrected chi connectivity index (χ2v) is 7.38. The van der Waals surface area contributed by atoms with E-state index in [1.165, 1.54) is 25.7 Å². The van der Waals surface area contributed by atoms with Crippen LogP contribution in [-0.2, 0) is 4.74 Å². The first kappa shape index (κ1) is 17.2. The molecule has 4 nitrogen and oxygen atoms in total. The van der Waals surface area contributed by atoms with Gasteiger partial charge in [0.1, 0.15) is 0 Å². The fourth-order valence-corrected chi connectivity index (χ4v) is 3.86. The molecule has 0 spiro atoms. The van der Waals surface area contributed by atoms with Crippen molar-refractivity contribution >= 4 is 0 Å². The van der Waals surface area contributed by atoms with Crippen LogP contribution in [-0.4, -0.2) is 48.7 Å². The quantitative estimate of drug-likeness (QED) is 0.642. The van der Waals surface area contributed by atoms with Gasteiger partial charge in [-0.2, -0.15) is 0 Å². The summed E-state index contributed by atoms with van der Waals surface area (Å²) in [6, 6.07) is 0. The Morgan fingerprint density at radius 3 is 2.67 bits per heavy atom. The number of nitrogens with one attached hydrogen (secondary N) is 1. The van der Waals surface area contributed by atoms with E-state index in [1.54, 1.807) is 0 Å². The van der Waals surface area contributed by atoms with Crippen molar-refractivity contribution in [1.29, 1.82) is 0 Å². The molecule has 0 amide bonds. The molecule has 2 saturated carbocycles. The van der Waals surface area contributed by atoms with Gasteiger partial charge in [0, 0.05) is 25.1 Å². The van der Waals surface area contributed by atoms with Crippen LogP contribution in [0.5, 0.6) is 0 Å². The Labute approximate surface area is 129 Å². The van der Waals surface area contributed by atoms with Crippen LogP contribution in [0.1, 0.15) is 58.3 Å². The molecule has 0 radical (unpaired) electrons. The lowest BCUT2D eigenvalue weighted by atomic mass is 9.87. The minimum atomic E-state index is -0.445. The molecule has 3 N–H and O–H groups in total. The zero-order valence-corrected chi connectivity index (χ0v) is 13.5. The van der Waals surface area contributed by atoms with E-state index in [9.17, 15) is 10.2 Å². The highest BCUT2D eigenvalue weighted by Gasteiger charge is 2.32. The summed E-state index contributed by atoms with van der Waals surface area (Å²) in [5.41, 5.74) is 0.0549. The molecule has 2 fully saturated rings. The van der Waals surface area contributed by atoms with Crippen molar-refractivity contribution in [3.05, 3.63) is 0 Å². The zero-order chi connectivity index (χ0) is 15.1. The van der Waals surface area contributed by atoms with Crippen LogP contribution in [0.25, 0.3) is 0 Å². The Kier molecular flexibility index (Phi) is 6.93. The van der Waals surface area contributed by atoms with Crippen LogP contribution in [0.4, 0.5) is 0 Å². The Morgan fingerprint density at radius 2 is 2.00 bits per heavy atom. The van der Waals surface area contributed by atoms with Gasteiger partial charge in [-0.3, -0.25) is 0 Å². The van der Waals surface area contributed by atoms with E-state index in [4.69, 9.17) is 4.74 Å². The lowest BCUT2D eigenvalue weighted by molar-refractivity contribution is -0.0314. The van der Waals surface area contributed by atoms with Gasteiger partial charge in [0.05, 0.1) is 18.8 Å². The third-order valence-electron chi connectivity index (χ3n) is 5.29. The Balaban J connectivity index is 1.58. The molecule has 0 heterocycles. The summed E-state index contributed by atoms with van der Waals surface area (Å²) in [6.07, 6.45) is 9.35. The second kappa shape index (κ2) is 8.47. The van der Waals surface area contributed by atoms with Gasteiger partial charge in [0.15, 0.2) is 0 Å². The monoisotopic (exact) mass is 299 g/mol. The molecule has 3 atom stereocenters. The normalized spacial score (nSPS) is 30.4. The van der Waals surface area contributed by atoms with Gasteiger partial charge in [-0.15, -0.1) is 0 Å². The Bertz CT molecular complexity index is 292. The third-order valence-corrected chi connectivity index (χ3v) is 5.29. The standard InChI is InChI=1S/C17H33NO3/c1-14-5-4-6-16(9-14)21-11-15(20)10-18-12-17(13-19)7-2-3-8-17/h14-16,18-20H,2-13H2,1H3. The van der Waals surface area contributed by atoms with Crippen LogP contribution in [0.15, 0.2) is 0 Å². The average Bonchev–Trinajstić information content (AvgIpc) is 2.95. The lowest BCUT2D eigenvalue weighted by Gasteiger charge is -2.29. The summed E-state index contributed by atoms with van der Waals surface area (Å²) < 4.78 is 5.85. The summed E-state index contributed by atoms with van der Waals surface area (Å²) in [5, 5.41) is 22.9. The highest BCUT2D eigenvalue weighted by atomic mass is 16.5. The molecule has 0 aliphatic heterocycles. The molecule has 0 aromatic rings. The topological polar surface area (TPSA) is 61.7 Å².